The van der Waals surface area contributed by atoms with Crippen molar-refractivity contribution in [3.05, 3.63) is 23.5 Å². The number of anilines is 1. The molecule has 1 heterocycles. The fourth-order valence-corrected chi connectivity index (χ4v) is 2.41. The normalized spacial score (nSPS) is 11.2. The van der Waals surface area contributed by atoms with E-state index in [2.05, 4.69) is 43.4 Å². The van der Waals surface area contributed by atoms with Crippen molar-refractivity contribution in [1.82, 2.24) is 10.3 Å². The van der Waals surface area contributed by atoms with Gasteiger partial charge < -0.3 is 10.7 Å². The number of carbonyl (C=O) groups excluding carboxylic acids is 1. The van der Waals surface area contributed by atoms with Gasteiger partial charge in [-0.1, -0.05) is 27.7 Å². The van der Waals surface area contributed by atoms with E-state index in [-0.39, 0.29) is 5.91 Å². The van der Waals surface area contributed by atoms with Gasteiger partial charge >= 0.3 is 0 Å². The summed E-state index contributed by atoms with van der Waals surface area (Å²) >= 11 is 0. The van der Waals surface area contributed by atoms with Crippen LogP contribution in [0.2, 0.25) is 0 Å². The van der Waals surface area contributed by atoms with E-state index in [1.54, 1.807) is 12.3 Å². The summed E-state index contributed by atoms with van der Waals surface area (Å²) in [6.07, 6.45) is 1.56. The summed E-state index contributed by atoms with van der Waals surface area (Å²) in [5.41, 5.74) is 4.44. The average Bonchev–Trinajstić information content (AvgIpc) is 2.37. The van der Waals surface area contributed by atoms with Crippen LogP contribution in [0, 0.1) is 24.7 Å². The van der Waals surface area contributed by atoms with E-state index in [1.807, 2.05) is 6.92 Å². The minimum Gasteiger partial charge on any atom is -0.352 e. The van der Waals surface area contributed by atoms with E-state index >= 15 is 0 Å². The molecule has 0 aliphatic heterocycles. The van der Waals surface area contributed by atoms with Crippen molar-refractivity contribution >= 4 is 11.6 Å². The minimum absolute atomic E-state index is 0.142. The van der Waals surface area contributed by atoms with E-state index in [0.29, 0.717) is 35.5 Å². The van der Waals surface area contributed by atoms with Crippen molar-refractivity contribution in [3.63, 3.8) is 0 Å². The van der Waals surface area contributed by atoms with Crippen LogP contribution in [0.15, 0.2) is 12.3 Å². The van der Waals surface area contributed by atoms with Crippen LogP contribution in [-0.2, 0) is 0 Å². The molecule has 20 heavy (non-hydrogen) atoms. The Morgan fingerprint density at radius 3 is 2.40 bits per heavy atom. The molecule has 0 aliphatic carbocycles. The van der Waals surface area contributed by atoms with Gasteiger partial charge in [0, 0.05) is 18.4 Å². The quantitative estimate of drug-likeness (QED) is 0.551. The number of carbonyl (C=O) groups is 1. The van der Waals surface area contributed by atoms with Gasteiger partial charge in [-0.3, -0.25) is 15.6 Å². The summed E-state index contributed by atoms with van der Waals surface area (Å²) in [5, 5.41) is 2.98. The molecule has 1 aromatic rings. The number of rotatable bonds is 6. The Kier molecular flexibility index (Phi) is 5.95. The van der Waals surface area contributed by atoms with Gasteiger partial charge in [0.25, 0.3) is 5.91 Å². The average molecular weight is 278 g/mol. The zero-order chi connectivity index (χ0) is 15.3. The number of pyridine rings is 1. The molecular formula is C15H26N4O. The molecule has 0 aliphatic rings. The number of nitrogens with one attached hydrogen (secondary N) is 2. The van der Waals surface area contributed by atoms with Gasteiger partial charge in [-0.2, -0.15) is 0 Å². The van der Waals surface area contributed by atoms with Gasteiger partial charge in [-0.25, -0.2) is 0 Å². The summed E-state index contributed by atoms with van der Waals surface area (Å²) in [6, 6.07) is 1.76. The smallest absolute Gasteiger partial charge is 0.255 e. The number of hydrazine groups is 1. The van der Waals surface area contributed by atoms with Gasteiger partial charge in [0.2, 0.25) is 0 Å². The van der Waals surface area contributed by atoms with E-state index in [9.17, 15) is 4.79 Å². The number of amides is 1. The second kappa shape index (κ2) is 7.24. The van der Waals surface area contributed by atoms with Crippen LogP contribution in [0.4, 0.5) is 5.69 Å². The molecule has 0 bridgehead atoms. The molecule has 5 heteroatoms. The molecule has 0 atom stereocenters. The summed E-state index contributed by atoms with van der Waals surface area (Å²) < 4.78 is 0. The largest absolute Gasteiger partial charge is 0.352 e. The van der Waals surface area contributed by atoms with Gasteiger partial charge in [-0.05, 0) is 30.7 Å². The van der Waals surface area contributed by atoms with E-state index < -0.39 is 0 Å². The Bertz CT molecular complexity index is 449. The highest BCUT2D eigenvalue weighted by atomic mass is 16.1. The van der Waals surface area contributed by atoms with Gasteiger partial charge in [0.1, 0.15) is 0 Å². The van der Waals surface area contributed by atoms with Crippen LogP contribution in [0.25, 0.3) is 0 Å². The molecule has 0 radical (unpaired) electrons. The number of nitrogens with zero attached hydrogens (tertiary/aromatic N) is 1. The predicted molar refractivity (Wildman–Crippen MR) is 82.3 cm³/mol. The number of aryl methyl sites for hydroxylation is 1. The fraction of sp³-hybridized carbons (Fsp3) is 0.600. The Morgan fingerprint density at radius 2 is 1.90 bits per heavy atom. The zero-order valence-electron chi connectivity index (χ0n) is 13.0. The Labute approximate surface area is 121 Å². The maximum absolute atomic E-state index is 12.2. The van der Waals surface area contributed by atoms with Crippen molar-refractivity contribution in [3.8, 4) is 0 Å². The van der Waals surface area contributed by atoms with Gasteiger partial charge in [0.15, 0.2) is 0 Å². The lowest BCUT2D eigenvalue weighted by Gasteiger charge is -2.25. The predicted octanol–water partition coefficient (Wildman–Crippen LogP) is 2.33. The first-order chi connectivity index (χ1) is 9.36. The molecular weight excluding hydrogens is 252 g/mol. The number of nitrogens with two attached hydrogens (primary N) is 1. The fourth-order valence-electron chi connectivity index (χ4n) is 2.41. The van der Waals surface area contributed by atoms with Crippen LogP contribution in [0.5, 0.6) is 0 Å². The Balaban J connectivity index is 2.76. The Hall–Kier alpha value is -1.62. The summed E-state index contributed by atoms with van der Waals surface area (Å²) in [4.78, 5) is 16.4. The van der Waals surface area contributed by atoms with Crippen molar-refractivity contribution < 1.29 is 4.79 Å². The third-order valence-corrected chi connectivity index (χ3v) is 3.65. The molecule has 0 fully saturated rings. The highest BCUT2D eigenvalue weighted by Crippen LogP contribution is 2.20. The molecule has 5 nitrogen and oxygen atoms in total. The molecule has 0 saturated heterocycles. The molecule has 1 rings (SSSR count). The second-order valence-corrected chi connectivity index (χ2v) is 5.88. The third-order valence-electron chi connectivity index (χ3n) is 3.65. The van der Waals surface area contributed by atoms with Gasteiger partial charge in [0.05, 0.1) is 11.3 Å². The van der Waals surface area contributed by atoms with Crippen molar-refractivity contribution in [2.75, 3.05) is 12.0 Å². The van der Waals surface area contributed by atoms with Crippen molar-refractivity contribution in [2.24, 2.45) is 23.6 Å². The molecule has 1 amide bonds. The monoisotopic (exact) mass is 278 g/mol. The van der Waals surface area contributed by atoms with E-state index in [1.165, 1.54) is 0 Å². The molecule has 0 saturated carbocycles. The summed E-state index contributed by atoms with van der Waals surface area (Å²) in [6.45, 7) is 11.2. The Morgan fingerprint density at radius 1 is 1.30 bits per heavy atom. The zero-order valence-corrected chi connectivity index (χ0v) is 13.0. The van der Waals surface area contributed by atoms with Crippen LogP contribution < -0.4 is 16.6 Å². The lowest BCUT2D eigenvalue weighted by Crippen LogP contribution is -2.34. The lowest BCUT2D eigenvalue weighted by molar-refractivity contribution is 0.0937. The molecule has 4 N–H and O–H groups in total. The highest BCUT2D eigenvalue weighted by Gasteiger charge is 2.19. The molecule has 0 unspecified atom stereocenters. The van der Waals surface area contributed by atoms with Crippen LogP contribution in [0.3, 0.4) is 0 Å². The third kappa shape index (κ3) is 4.20. The summed E-state index contributed by atoms with van der Waals surface area (Å²) in [7, 11) is 0. The standard InChI is InChI=1S/C15H26N4O/c1-9(2)12(10(3)4)7-18-15(20)13-8-17-11(5)6-14(13)19-16/h6,8-10,12H,7,16H2,1-5H3,(H,17,19)(H,18,20). The number of nitrogen functional groups attached to an aromatic ring is 1. The molecule has 0 spiro atoms. The highest BCUT2D eigenvalue weighted by molar-refractivity contribution is 5.99. The maximum Gasteiger partial charge on any atom is 0.255 e. The SMILES string of the molecule is Cc1cc(NN)c(C(=O)NCC(C(C)C)C(C)C)cn1. The molecule has 0 aromatic carbocycles. The molecule has 112 valence electrons. The van der Waals surface area contributed by atoms with Crippen molar-refractivity contribution in [2.45, 2.75) is 34.6 Å². The van der Waals surface area contributed by atoms with Crippen molar-refractivity contribution in [1.29, 1.82) is 0 Å². The summed E-state index contributed by atoms with van der Waals surface area (Å²) in [5.74, 6) is 6.81. The number of hydrogen-bond acceptors (Lipinski definition) is 4. The minimum atomic E-state index is -0.142. The van der Waals surface area contributed by atoms with Crippen LogP contribution in [-0.4, -0.2) is 17.4 Å². The maximum atomic E-state index is 12.2. The van der Waals surface area contributed by atoms with Crippen LogP contribution >= 0.6 is 0 Å². The first kappa shape index (κ1) is 16.4. The number of aromatic nitrogens is 1. The lowest BCUT2D eigenvalue weighted by atomic mass is 9.85. The molecule has 1 aromatic heterocycles. The van der Waals surface area contributed by atoms with E-state index in [0.717, 1.165) is 5.69 Å². The van der Waals surface area contributed by atoms with Crippen LogP contribution in [0.1, 0.15) is 43.7 Å². The first-order valence-corrected chi connectivity index (χ1v) is 7.08. The topological polar surface area (TPSA) is 80.0 Å². The number of hydrogen-bond donors (Lipinski definition) is 3. The first-order valence-electron chi connectivity index (χ1n) is 7.08. The van der Waals surface area contributed by atoms with E-state index in [4.69, 9.17) is 5.84 Å². The second-order valence-electron chi connectivity index (χ2n) is 5.88. The van der Waals surface area contributed by atoms with Gasteiger partial charge in [-0.15, -0.1) is 0 Å².